The summed E-state index contributed by atoms with van der Waals surface area (Å²) in [6.45, 7) is 2.48. The van der Waals surface area contributed by atoms with Gasteiger partial charge in [0.1, 0.15) is 0 Å². The highest BCUT2D eigenvalue weighted by Crippen LogP contribution is 2.24. The van der Waals surface area contributed by atoms with Crippen LogP contribution in [-0.4, -0.2) is 31.9 Å². The summed E-state index contributed by atoms with van der Waals surface area (Å²) in [4.78, 5) is 0.374. The summed E-state index contributed by atoms with van der Waals surface area (Å²) < 4.78 is 23.4. The lowest BCUT2D eigenvalue weighted by Gasteiger charge is -2.26. The maximum absolute atomic E-state index is 11.7. The van der Waals surface area contributed by atoms with Gasteiger partial charge in [0.05, 0.1) is 16.8 Å². The van der Waals surface area contributed by atoms with Crippen LogP contribution in [0, 0.1) is 5.92 Å². The minimum atomic E-state index is -3.12. The van der Waals surface area contributed by atoms with Crippen LogP contribution < -0.4 is 5.32 Å². The van der Waals surface area contributed by atoms with E-state index in [0.29, 0.717) is 10.8 Å². The van der Waals surface area contributed by atoms with Gasteiger partial charge >= 0.3 is 0 Å². The molecule has 4 nitrogen and oxygen atoms in total. The first-order valence-electron chi connectivity index (χ1n) is 7.26. The quantitative estimate of drug-likeness (QED) is 0.876. The Hall–Kier alpha value is -1.07. The molecule has 112 valence electrons. The van der Waals surface area contributed by atoms with Gasteiger partial charge in [-0.15, -0.1) is 0 Å². The van der Waals surface area contributed by atoms with E-state index in [4.69, 9.17) is 0 Å². The number of hydrogen-bond acceptors (Lipinski definition) is 4. The molecule has 0 aliphatic heterocycles. The van der Waals surface area contributed by atoms with E-state index in [-0.39, 0.29) is 11.9 Å². The summed E-state index contributed by atoms with van der Waals surface area (Å²) in [5.41, 5.74) is 0.931. The van der Waals surface area contributed by atoms with Crippen LogP contribution in [0.2, 0.25) is 0 Å². The van der Waals surface area contributed by atoms with Crippen molar-refractivity contribution in [3.63, 3.8) is 0 Å². The topological polar surface area (TPSA) is 66.4 Å². The van der Waals surface area contributed by atoms with Crippen LogP contribution in [0.25, 0.3) is 0 Å². The first-order valence-corrected chi connectivity index (χ1v) is 8.91. The van der Waals surface area contributed by atoms with E-state index in [0.717, 1.165) is 37.9 Å². The predicted octanol–water partition coefficient (Wildman–Crippen LogP) is 2.44. The Labute approximate surface area is 121 Å². The fourth-order valence-corrected chi connectivity index (χ4v) is 3.54. The van der Waals surface area contributed by atoms with Crippen molar-refractivity contribution in [2.24, 2.45) is 5.92 Å². The van der Waals surface area contributed by atoms with Crippen LogP contribution in [0.5, 0.6) is 0 Å². The Kier molecular flexibility index (Phi) is 5.05. The third kappa shape index (κ3) is 3.96. The van der Waals surface area contributed by atoms with Crippen LogP contribution in [0.3, 0.4) is 0 Å². The highest BCUT2D eigenvalue weighted by atomic mass is 32.2. The molecule has 2 unspecified atom stereocenters. The van der Waals surface area contributed by atoms with E-state index in [2.05, 4.69) is 5.32 Å². The second kappa shape index (κ2) is 6.59. The van der Waals surface area contributed by atoms with E-state index in [1.165, 1.54) is 0 Å². The molecule has 1 saturated carbocycles. The number of benzene rings is 1. The third-order valence-corrected chi connectivity index (χ3v) is 5.69. The smallest absolute Gasteiger partial charge is 0.178 e. The normalized spacial score (nSPS) is 23.5. The maximum Gasteiger partial charge on any atom is 0.178 e. The summed E-state index contributed by atoms with van der Waals surface area (Å²) in [5.74, 6) is 0.623. The Morgan fingerprint density at radius 3 is 2.55 bits per heavy atom. The number of hydrogen-bond donors (Lipinski definition) is 2. The second-order valence-electron chi connectivity index (χ2n) is 5.50. The number of rotatable bonds is 5. The fraction of sp³-hybridized carbons (Fsp3) is 0.600. The minimum Gasteiger partial charge on any atom is -0.393 e. The van der Waals surface area contributed by atoms with Crippen molar-refractivity contribution in [1.82, 2.24) is 0 Å². The first-order chi connectivity index (χ1) is 9.51. The molecular weight excluding hydrogens is 274 g/mol. The van der Waals surface area contributed by atoms with Crippen LogP contribution >= 0.6 is 0 Å². The summed E-state index contributed by atoms with van der Waals surface area (Å²) in [5, 5.41) is 13.0. The molecule has 20 heavy (non-hydrogen) atoms. The van der Waals surface area contributed by atoms with Crippen LogP contribution in [0.4, 0.5) is 5.69 Å². The van der Waals surface area contributed by atoms with Crippen LogP contribution in [0.1, 0.15) is 32.6 Å². The lowest BCUT2D eigenvalue weighted by atomic mass is 9.87. The van der Waals surface area contributed by atoms with E-state index >= 15 is 0 Å². The molecule has 1 fully saturated rings. The van der Waals surface area contributed by atoms with Gasteiger partial charge in [-0.1, -0.05) is 13.3 Å². The Morgan fingerprint density at radius 2 is 1.95 bits per heavy atom. The van der Waals surface area contributed by atoms with E-state index in [1.807, 2.05) is 12.1 Å². The van der Waals surface area contributed by atoms with Crippen molar-refractivity contribution in [3.8, 4) is 0 Å². The molecule has 0 radical (unpaired) electrons. The molecule has 0 heterocycles. The molecule has 1 aliphatic rings. The standard InChI is InChI=1S/C15H23NO3S/c1-2-20(18,19)15-8-6-13(7-9-15)16-11-12-4-3-5-14(17)10-12/h6-9,12,14,16-17H,2-5,10-11H2,1H3. The second-order valence-corrected chi connectivity index (χ2v) is 7.77. The largest absolute Gasteiger partial charge is 0.393 e. The molecule has 1 aromatic rings. The van der Waals surface area contributed by atoms with Crippen molar-refractivity contribution in [2.45, 2.75) is 43.6 Å². The van der Waals surface area contributed by atoms with E-state index in [9.17, 15) is 13.5 Å². The summed E-state index contributed by atoms with van der Waals surface area (Å²) >= 11 is 0. The fourth-order valence-electron chi connectivity index (χ4n) is 2.66. The molecule has 1 aromatic carbocycles. The van der Waals surface area contributed by atoms with Crippen molar-refractivity contribution in [1.29, 1.82) is 0 Å². The third-order valence-electron chi connectivity index (χ3n) is 3.94. The van der Waals surface area contributed by atoms with Crippen molar-refractivity contribution in [3.05, 3.63) is 24.3 Å². The van der Waals surface area contributed by atoms with Gasteiger partial charge in [-0.05, 0) is 49.4 Å². The summed E-state index contributed by atoms with van der Waals surface area (Å²) in [6.07, 6.45) is 3.84. The minimum absolute atomic E-state index is 0.125. The van der Waals surface area contributed by atoms with E-state index in [1.54, 1.807) is 19.1 Å². The zero-order chi connectivity index (χ0) is 14.6. The average Bonchev–Trinajstić information content (AvgIpc) is 2.46. The van der Waals surface area contributed by atoms with Gasteiger partial charge < -0.3 is 10.4 Å². The maximum atomic E-state index is 11.7. The molecule has 2 atom stereocenters. The van der Waals surface area contributed by atoms with Gasteiger partial charge in [-0.25, -0.2) is 8.42 Å². The van der Waals surface area contributed by atoms with Gasteiger partial charge in [0.15, 0.2) is 9.84 Å². The molecule has 0 aromatic heterocycles. The van der Waals surface area contributed by atoms with Gasteiger partial charge in [0.2, 0.25) is 0 Å². The van der Waals surface area contributed by atoms with Crippen molar-refractivity contribution >= 4 is 15.5 Å². The SMILES string of the molecule is CCS(=O)(=O)c1ccc(NCC2CCCC(O)C2)cc1. The lowest BCUT2D eigenvalue weighted by molar-refractivity contribution is 0.105. The van der Waals surface area contributed by atoms with Crippen LogP contribution in [-0.2, 0) is 9.84 Å². The number of aliphatic hydroxyl groups excluding tert-OH is 1. The predicted molar refractivity (Wildman–Crippen MR) is 80.6 cm³/mol. The van der Waals surface area contributed by atoms with Crippen molar-refractivity contribution in [2.75, 3.05) is 17.6 Å². The Morgan fingerprint density at radius 1 is 1.25 bits per heavy atom. The molecule has 0 bridgehead atoms. The number of nitrogens with one attached hydrogen (secondary N) is 1. The highest BCUT2D eigenvalue weighted by Gasteiger charge is 2.19. The molecule has 2 rings (SSSR count). The Bertz CT molecular complexity index is 525. The van der Waals surface area contributed by atoms with E-state index < -0.39 is 9.84 Å². The summed E-state index contributed by atoms with van der Waals surface area (Å²) in [7, 11) is -3.12. The summed E-state index contributed by atoms with van der Waals surface area (Å²) in [6, 6.07) is 6.91. The van der Waals surface area contributed by atoms with Gasteiger partial charge in [-0.2, -0.15) is 0 Å². The number of aliphatic hydroxyl groups is 1. The van der Waals surface area contributed by atoms with Crippen molar-refractivity contribution < 1.29 is 13.5 Å². The Balaban J connectivity index is 1.91. The lowest BCUT2D eigenvalue weighted by Crippen LogP contribution is -2.24. The molecule has 0 spiro atoms. The molecular formula is C15H23NO3S. The molecule has 0 saturated heterocycles. The zero-order valence-corrected chi connectivity index (χ0v) is 12.7. The molecule has 2 N–H and O–H groups in total. The molecule has 1 aliphatic carbocycles. The number of anilines is 1. The van der Waals surface area contributed by atoms with Gasteiger partial charge in [0, 0.05) is 12.2 Å². The zero-order valence-electron chi connectivity index (χ0n) is 11.9. The number of sulfone groups is 1. The highest BCUT2D eigenvalue weighted by molar-refractivity contribution is 7.91. The molecule has 0 amide bonds. The molecule has 5 heteroatoms. The average molecular weight is 297 g/mol. The van der Waals surface area contributed by atoms with Gasteiger partial charge in [-0.3, -0.25) is 0 Å². The first kappa shape index (κ1) is 15.3. The van der Waals surface area contributed by atoms with Gasteiger partial charge in [0.25, 0.3) is 0 Å². The van der Waals surface area contributed by atoms with Crippen LogP contribution in [0.15, 0.2) is 29.2 Å². The monoisotopic (exact) mass is 297 g/mol.